The molecule has 0 saturated carbocycles. The highest BCUT2D eigenvalue weighted by Crippen LogP contribution is 2.17. The number of rotatable bonds is 5. The smallest absolute Gasteiger partial charge is 0.332 e. The molecule has 0 spiro atoms. The minimum Gasteiger partial charge on any atom is -0.491 e. The predicted molar refractivity (Wildman–Crippen MR) is 97.9 cm³/mol. The van der Waals surface area contributed by atoms with Gasteiger partial charge in [0.25, 0.3) is 5.56 Å². The van der Waals surface area contributed by atoms with Crippen molar-refractivity contribution in [1.82, 2.24) is 18.7 Å². The number of aliphatic hydroxyl groups excluding tert-OH is 1. The highest BCUT2D eigenvalue weighted by molar-refractivity contribution is 6.29. The van der Waals surface area contributed by atoms with E-state index < -0.39 is 17.4 Å². The number of aromatic nitrogens is 4. The first-order valence-corrected chi connectivity index (χ1v) is 8.36. The van der Waals surface area contributed by atoms with E-state index >= 15 is 0 Å². The van der Waals surface area contributed by atoms with E-state index in [9.17, 15) is 14.7 Å². The zero-order valence-corrected chi connectivity index (χ0v) is 15.4. The molecule has 3 aromatic rings. The average molecular weight is 379 g/mol. The molecule has 8 nitrogen and oxygen atoms in total. The van der Waals surface area contributed by atoms with Gasteiger partial charge in [-0.2, -0.15) is 4.98 Å². The van der Waals surface area contributed by atoms with Crippen LogP contribution in [0.1, 0.15) is 5.56 Å². The first-order valence-electron chi connectivity index (χ1n) is 7.99. The van der Waals surface area contributed by atoms with Gasteiger partial charge in [-0.3, -0.25) is 13.9 Å². The SMILES string of the molecule is Cc1cccc(OC[C@@H](O)Cn2c(Cl)nc3c2c(=O)n(C)c(=O)n3C)c1. The second-order valence-corrected chi connectivity index (χ2v) is 6.49. The van der Waals surface area contributed by atoms with Crippen molar-refractivity contribution in [2.24, 2.45) is 14.1 Å². The fourth-order valence-electron chi connectivity index (χ4n) is 2.75. The summed E-state index contributed by atoms with van der Waals surface area (Å²) in [5, 5.41) is 10.3. The largest absolute Gasteiger partial charge is 0.491 e. The Morgan fingerprint density at radius 2 is 2.00 bits per heavy atom. The van der Waals surface area contributed by atoms with Crippen LogP contribution in [-0.4, -0.2) is 36.5 Å². The van der Waals surface area contributed by atoms with E-state index in [4.69, 9.17) is 16.3 Å². The summed E-state index contributed by atoms with van der Waals surface area (Å²) in [6, 6.07) is 7.46. The van der Waals surface area contributed by atoms with Crippen LogP contribution in [-0.2, 0) is 20.6 Å². The molecule has 0 bridgehead atoms. The van der Waals surface area contributed by atoms with Gasteiger partial charge in [-0.15, -0.1) is 0 Å². The maximum absolute atomic E-state index is 12.5. The highest BCUT2D eigenvalue weighted by atomic mass is 35.5. The zero-order valence-electron chi connectivity index (χ0n) is 14.6. The van der Waals surface area contributed by atoms with Crippen LogP contribution in [0.5, 0.6) is 5.75 Å². The van der Waals surface area contributed by atoms with Gasteiger partial charge in [-0.25, -0.2) is 4.79 Å². The lowest BCUT2D eigenvalue weighted by molar-refractivity contribution is 0.0934. The lowest BCUT2D eigenvalue weighted by atomic mass is 10.2. The molecule has 138 valence electrons. The first-order chi connectivity index (χ1) is 12.3. The van der Waals surface area contributed by atoms with Crippen LogP contribution in [0.25, 0.3) is 11.2 Å². The predicted octanol–water partition coefficient (Wildman–Crippen LogP) is 0.835. The number of fused-ring (bicyclic) bond motifs is 1. The van der Waals surface area contributed by atoms with E-state index in [1.807, 2.05) is 25.1 Å². The van der Waals surface area contributed by atoms with Crippen LogP contribution in [0.2, 0.25) is 5.28 Å². The molecule has 9 heteroatoms. The average Bonchev–Trinajstić information content (AvgIpc) is 2.93. The second-order valence-electron chi connectivity index (χ2n) is 6.15. The van der Waals surface area contributed by atoms with Crippen molar-refractivity contribution in [3.8, 4) is 5.75 Å². The molecule has 0 aliphatic rings. The van der Waals surface area contributed by atoms with E-state index in [2.05, 4.69) is 4.98 Å². The molecule has 3 rings (SSSR count). The number of halogens is 1. The maximum atomic E-state index is 12.5. The van der Waals surface area contributed by atoms with Crippen molar-refractivity contribution in [3.63, 3.8) is 0 Å². The number of nitrogens with zero attached hydrogens (tertiary/aromatic N) is 4. The summed E-state index contributed by atoms with van der Waals surface area (Å²) in [4.78, 5) is 28.5. The van der Waals surface area contributed by atoms with Crippen molar-refractivity contribution in [3.05, 3.63) is 56.0 Å². The zero-order chi connectivity index (χ0) is 19.0. The van der Waals surface area contributed by atoms with E-state index in [1.165, 1.54) is 23.2 Å². The van der Waals surface area contributed by atoms with Crippen LogP contribution in [0, 0.1) is 6.92 Å². The van der Waals surface area contributed by atoms with Gasteiger partial charge in [-0.05, 0) is 36.2 Å². The van der Waals surface area contributed by atoms with Crippen molar-refractivity contribution in [1.29, 1.82) is 0 Å². The Balaban J connectivity index is 1.88. The Bertz CT molecular complexity index is 1080. The third kappa shape index (κ3) is 3.25. The Morgan fingerprint density at radius 1 is 1.27 bits per heavy atom. The van der Waals surface area contributed by atoms with Crippen LogP contribution in [0.4, 0.5) is 0 Å². The first kappa shape index (κ1) is 18.2. The topological polar surface area (TPSA) is 91.3 Å². The maximum Gasteiger partial charge on any atom is 0.332 e. The normalized spacial score (nSPS) is 12.5. The molecule has 0 fully saturated rings. The van der Waals surface area contributed by atoms with Crippen molar-refractivity contribution in [2.45, 2.75) is 19.6 Å². The van der Waals surface area contributed by atoms with Crippen LogP contribution < -0.4 is 16.0 Å². The van der Waals surface area contributed by atoms with Gasteiger partial charge < -0.3 is 14.4 Å². The van der Waals surface area contributed by atoms with Gasteiger partial charge in [0.15, 0.2) is 11.2 Å². The number of aryl methyl sites for hydroxylation is 2. The standard InChI is InChI=1S/C17H19ClN4O4/c1-10-5-4-6-12(7-10)26-9-11(23)8-22-13-14(19-16(22)18)20(2)17(25)21(3)15(13)24/h4-7,11,23H,8-9H2,1-3H3/t11-/m0/s1. The van der Waals surface area contributed by atoms with Crippen LogP contribution >= 0.6 is 11.6 Å². The summed E-state index contributed by atoms with van der Waals surface area (Å²) in [5.41, 5.74) is 0.371. The van der Waals surface area contributed by atoms with E-state index in [-0.39, 0.29) is 29.6 Å². The van der Waals surface area contributed by atoms with Gasteiger partial charge in [0.2, 0.25) is 5.28 Å². The van der Waals surface area contributed by atoms with Crippen molar-refractivity contribution < 1.29 is 9.84 Å². The molecule has 0 amide bonds. The van der Waals surface area contributed by atoms with Gasteiger partial charge in [0.05, 0.1) is 6.54 Å². The van der Waals surface area contributed by atoms with E-state index in [1.54, 1.807) is 6.07 Å². The van der Waals surface area contributed by atoms with Crippen molar-refractivity contribution >= 4 is 22.8 Å². The number of benzene rings is 1. The molecular weight excluding hydrogens is 360 g/mol. The molecule has 2 aromatic heterocycles. The third-order valence-corrected chi connectivity index (χ3v) is 4.42. The van der Waals surface area contributed by atoms with Gasteiger partial charge in [-0.1, -0.05) is 12.1 Å². The van der Waals surface area contributed by atoms with Crippen LogP contribution in [0.15, 0.2) is 33.9 Å². The monoisotopic (exact) mass is 378 g/mol. The fraction of sp³-hybridized carbons (Fsp3) is 0.353. The molecule has 1 aromatic carbocycles. The highest BCUT2D eigenvalue weighted by Gasteiger charge is 2.20. The molecule has 26 heavy (non-hydrogen) atoms. The Labute approximate surface area is 153 Å². The lowest BCUT2D eigenvalue weighted by Gasteiger charge is -2.14. The summed E-state index contributed by atoms with van der Waals surface area (Å²) in [7, 11) is 2.89. The summed E-state index contributed by atoms with van der Waals surface area (Å²) in [6.07, 6.45) is -0.924. The Morgan fingerprint density at radius 3 is 2.69 bits per heavy atom. The number of hydrogen-bond donors (Lipinski definition) is 1. The van der Waals surface area contributed by atoms with E-state index in [0.29, 0.717) is 5.75 Å². The minimum absolute atomic E-state index is 0.00852. The molecule has 1 N–H and O–H groups in total. The molecule has 0 aliphatic heterocycles. The van der Waals surface area contributed by atoms with Crippen LogP contribution in [0.3, 0.4) is 0 Å². The number of ether oxygens (including phenoxy) is 1. The molecular formula is C17H19ClN4O4. The molecule has 0 aliphatic carbocycles. The second kappa shape index (κ2) is 6.97. The number of imidazole rings is 1. The Kier molecular flexibility index (Phi) is 4.88. The summed E-state index contributed by atoms with van der Waals surface area (Å²) >= 11 is 6.13. The molecule has 0 unspecified atom stereocenters. The molecule has 1 atom stereocenters. The molecule has 0 saturated heterocycles. The fourth-order valence-corrected chi connectivity index (χ4v) is 2.98. The molecule has 0 radical (unpaired) electrons. The number of hydrogen-bond acceptors (Lipinski definition) is 5. The Hall–Kier alpha value is -2.58. The minimum atomic E-state index is -0.924. The van der Waals surface area contributed by atoms with Gasteiger partial charge >= 0.3 is 5.69 Å². The van der Waals surface area contributed by atoms with Gasteiger partial charge in [0.1, 0.15) is 18.5 Å². The van der Waals surface area contributed by atoms with Crippen molar-refractivity contribution in [2.75, 3.05) is 6.61 Å². The summed E-state index contributed by atoms with van der Waals surface area (Å²) < 4.78 is 9.20. The lowest BCUT2D eigenvalue weighted by Crippen LogP contribution is -2.38. The summed E-state index contributed by atoms with van der Waals surface area (Å²) in [6.45, 7) is 1.97. The van der Waals surface area contributed by atoms with E-state index in [0.717, 1.165) is 10.1 Å². The molecule has 2 heterocycles. The summed E-state index contributed by atoms with van der Waals surface area (Å²) in [5.74, 6) is 0.643. The number of aliphatic hydroxyl groups is 1. The third-order valence-electron chi connectivity index (χ3n) is 4.13. The quantitative estimate of drug-likeness (QED) is 0.664. The van der Waals surface area contributed by atoms with Gasteiger partial charge in [0, 0.05) is 14.1 Å².